The first-order valence-electron chi connectivity index (χ1n) is 7.13. The van der Waals surface area contributed by atoms with E-state index in [4.69, 9.17) is 0 Å². The third-order valence-electron chi connectivity index (χ3n) is 3.37. The average Bonchev–Trinajstić information content (AvgIpc) is 3.02. The van der Waals surface area contributed by atoms with Crippen LogP contribution in [0.1, 0.15) is 0 Å². The van der Waals surface area contributed by atoms with Crippen molar-refractivity contribution in [2.24, 2.45) is 7.05 Å². The number of sulfonamides is 1. The van der Waals surface area contributed by atoms with Gasteiger partial charge in [0.05, 0.1) is 11.9 Å². The van der Waals surface area contributed by atoms with E-state index in [-0.39, 0.29) is 4.90 Å². The molecule has 3 rings (SSSR count). The highest BCUT2D eigenvalue weighted by Crippen LogP contribution is 2.30. The Labute approximate surface area is 139 Å². The van der Waals surface area contributed by atoms with Gasteiger partial charge in [0, 0.05) is 16.9 Å². The highest BCUT2D eigenvalue weighted by atomic mass is 32.2. The second kappa shape index (κ2) is 6.38. The third kappa shape index (κ3) is 3.26. The van der Waals surface area contributed by atoms with E-state index in [1.165, 1.54) is 24.0 Å². The zero-order valence-corrected chi connectivity index (χ0v) is 13.9. The summed E-state index contributed by atoms with van der Waals surface area (Å²) in [6.45, 7) is 0. The normalized spacial score (nSPS) is 11.4. The number of nitrogens with zero attached hydrogens (tertiary/aromatic N) is 4. The molecule has 1 heterocycles. The SMILES string of the molecule is CNS(=O)(=O)c1ccc(Nc2ccccc2)c(-c2nnn(C)n2)c1. The Morgan fingerprint density at radius 1 is 1.08 bits per heavy atom. The minimum Gasteiger partial charge on any atom is -0.355 e. The Morgan fingerprint density at radius 2 is 1.83 bits per heavy atom. The molecule has 0 spiro atoms. The van der Waals surface area contributed by atoms with E-state index in [0.717, 1.165) is 5.69 Å². The van der Waals surface area contributed by atoms with Crippen molar-refractivity contribution in [2.45, 2.75) is 4.90 Å². The van der Waals surface area contributed by atoms with Gasteiger partial charge in [-0.15, -0.1) is 10.2 Å². The van der Waals surface area contributed by atoms with Gasteiger partial charge in [0.25, 0.3) is 0 Å². The third-order valence-corrected chi connectivity index (χ3v) is 4.78. The predicted octanol–water partition coefficient (Wildman–Crippen LogP) is 1.53. The first kappa shape index (κ1) is 16.1. The maximum atomic E-state index is 12.1. The van der Waals surface area contributed by atoms with Crippen molar-refractivity contribution < 1.29 is 8.42 Å². The number of aromatic nitrogens is 4. The summed E-state index contributed by atoms with van der Waals surface area (Å²) >= 11 is 0. The van der Waals surface area contributed by atoms with Crippen LogP contribution in [-0.4, -0.2) is 35.7 Å². The summed E-state index contributed by atoms with van der Waals surface area (Å²) in [5, 5.41) is 15.2. The van der Waals surface area contributed by atoms with Crippen LogP contribution in [-0.2, 0) is 17.1 Å². The molecule has 2 N–H and O–H groups in total. The van der Waals surface area contributed by atoms with Crippen LogP contribution in [0.3, 0.4) is 0 Å². The molecule has 9 heteroatoms. The second-order valence-electron chi connectivity index (χ2n) is 5.01. The molecule has 124 valence electrons. The fraction of sp³-hybridized carbons (Fsp3) is 0.133. The minimum absolute atomic E-state index is 0.131. The molecule has 3 aromatic rings. The molecule has 0 bridgehead atoms. The Balaban J connectivity index is 2.11. The predicted molar refractivity (Wildman–Crippen MR) is 90.2 cm³/mol. The number of nitrogens with one attached hydrogen (secondary N) is 2. The van der Waals surface area contributed by atoms with Crippen LogP contribution in [0.2, 0.25) is 0 Å². The van der Waals surface area contributed by atoms with Crippen LogP contribution in [0.15, 0.2) is 53.4 Å². The van der Waals surface area contributed by atoms with Gasteiger partial charge in [0.15, 0.2) is 0 Å². The molecule has 8 nitrogen and oxygen atoms in total. The number of tetrazole rings is 1. The summed E-state index contributed by atoms with van der Waals surface area (Å²) in [6, 6.07) is 14.3. The Kier molecular flexibility index (Phi) is 4.28. The average molecular weight is 344 g/mol. The van der Waals surface area contributed by atoms with Gasteiger partial charge in [-0.25, -0.2) is 13.1 Å². The smallest absolute Gasteiger partial charge is 0.240 e. The molecular weight excluding hydrogens is 328 g/mol. The molecule has 0 aliphatic heterocycles. The molecule has 0 radical (unpaired) electrons. The highest BCUT2D eigenvalue weighted by Gasteiger charge is 2.17. The zero-order valence-electron chi connectivity index (χ0n) is 13.1. The molecule has 0 atom stereocenters. The van der Waals surface area contributed by atoms with Gasteiger partial charge < -0.3 is 5.32 Å². The standard InChI is InChI=1S/C15H16N6O2S/c1-16-24(22,23)12-8-9-14(17-11-6-4-3-5-7-11)13(10-12)15-18-20-21(2)19-15/h3-10,16-17H,1-2H3. The van der Waals surface area contributed by atoms with Crippen molar-refractivity contribution in [2.75, 3.05) is 12.4 Å². The van der Waals surface area contributed by atoms with E-state index in [2.05, 4.69) is 25.4 Å². The summed E-state index contributed by atoms with van der Waals surface area (Å²) in [4.78, 5) is 1.45. The van der Waals surface area contributed by atoms with Crippen LogP contribution in [0.25, 0.3) is 11.4 Å². The topological polar surface area (TPSA) is 102 Å². The molecule has 1 aromatic heterocycles. The van der Waals surface area contributed by atoms with Crippen LogP contribution in [0, 0.1) is 0 Å². The number of benzene rings is 2. The van der Waals surface area contributed by atoms with Gasteiger partial charge in [0.1, 0.15) is 0 Å². The lowest BCUT2D eigenvalue weighted by Crippen LogP contribution is -2.18. The molecular formula is C15H16N6O2S. The van der Waals surface area contributed by atoms with Crippen molar-refractivity contribution >= 4 is 21.4 Å². The summed E-state index contributed by atoms with van der Waals surface area (Å²) in [6.07, 6.45) is 0. The summed E-state index contributed by atoms with van der Waals surface area (Å²) in [5.41, 5.74) is 2.10. The Hall–Kier alpha value is -2.78. The summed E-state index contributed by atoms with van der Waals surface area (Å²) in [5.74, 6) is 0.337. The van der Waals surface area contributed by atoms with Gasteiger partial charge in [0.2, 0.25) is 15.8 Å². The van der Waals surface area contributed by atoms with E-state index >= 15 is 0 Å². The number of hydrogen-bond donors (Lipinski definition) is 2. The maximum absolute atomic E-state index is 12.1. The Morgan fingerprint density at radius 3 is 2.46 bits per heavy atom. The molecule has 0 unspecified atom stereocenters. The van der Waals surface area contributed by atoms with E-state index in [0.29, 0.717) is 17.1 Å². The molecule has 0 aliphatic rings. The van der Waals surface area contributed by atoms with Crippen LogP contribution in [0.5, 0.6) is 0 Å². The van der Waals surface area contributed by atoms with Gasteiger partial charge in [-0.05, 0) is 42.6 Å². The number of para-hydroxylation sites is 1. The fourth-order valence-corrected chi connectivity index (χ4v) is 2.93. The molecule has 0 saturated heterocycles. The molecule has 0 fully saturated rings. The number of anilines is 2. The van der Waals surface area contributed by atoms with Gasteiger partial charge in [-0.2, -0.15) is 4.80 Å². The van der Waals surface area contributed by atoms with Crippen molar-refractivity contribution in [3.05, 3.63) is 48.5 Å². The molecule has 24 heavy (non-hydrogen) atoms. The molecule has 2 aromatic carbocycles. The lowest BCUT2D eigenvalue weighted by molar-refractivity contribution is 0.588. The minimum atomic E-state index is -3.57. The van der Waals surface area contributed by atoms with Crippen LogP contribution >= 0.6 is 0 Å². The largest absolute Gasteiger partial charge is 0.355 e. The number of aryl methyl sites for hydroxylation is 1. The fourth-order valence-electron chi connectivity index (χ4n) is 2.17. The maximum Gasteiger partial charge on any atom is 0.240 e. The monoisotopic (exact) mass is 344 g/mol. The summed E-state index contributed by atoms with van der Waals surface area (Å²) in [7, 11) is -0.557. The van der Waals surface area contributed by atoms with Gasteiger partial charge in [-0.3, -0.25) is 0 Å². The van der Waals surface area contributed by atoms with Gasteiger partial charge >= 0.3 is 0 Å². The molecule has 0 saturated carbocycles. The van der Waals surface area contributed by atoms with Crippen LogP contribution < -0.4 is 10.0 Å². The van der Waals surface area contributed by atoms with E-state index in [1.807, 2.05) is 30.3 Å². The second-order valence-corrected chi connectivity index (χ2v) is 6.89. The highest BCUT2D eigenvalue weighted by molar-refractivity contribution is 7.89. The van der Waals surface area contributed by atoms with Crippen molar-refractivity contribution in [3.8, 4) is 11.4 Å². The van der Waals surface area contributed by atoms with Crippen molar-refractivity contribution in [1.82, 2.24) is 24.9 Å². The lowest BCUT2D eigenvalue weighted by atomic mass is 10.1. The number of hydrogen-bond acceptors (Lipinski definition) is 6. The quantitative estimate of drug-likeness (QED) is 0.728. The van der Waals surface area contributed by atoms with Crippen LogP contribution in [0.4, 0.5) is 11.4 Å². The lowest BCUT2D eigenvalue weighted by Gasteiger charge is -2.12. The van der Waals surface area contributed by atoms with E-state index < -0.39 is 10.0 Å². The Bertz CT molecular complexity index is 953. The van der Waals surface area contributed by atoms with Crippen molar-refractivity contribution in [3.63, 3.8) is 0 Å². The molecule has 0 aliphatic carbocycles. The summed E-state index contributed by atoms with van der Waals surface area (Å²) < 4.78 is 26.4. The van der Waals surface area contributed by atoms with Gasteiger partial charge in [-0.1, -0.05) is 18.2 Å². The first-order chi connectivity index (χ1) is 11.5. The number of rotatable bonds is 5. The zero-order chi connectivity index (χ0) is 17.2. The van der Waals surface area contributed by atoms with Crippen molar-refractivity contribution in [1.29, 1.82) is 0 Å². The molecule has 0 amide bonds. The van der Waals surface area contributed by atoms with E-state index in [1.54, 1.807) is 13.1 Å². The first-order valence-corrected chi connectivity index (χ1v) is 8.62. The van der Waals surface area contributed by atoms with E-state index in [9.17, 15) is 8.42 Å².